The van der Waals surface area contributed by atoms with Gasteiger partial charge in [-0.3, -0.25) is 9.59 Å². The van der Waals surface area contributed by atoms with Crippen molar-refractivity contribution in [2.24, 2.45) is 0 Å². The third-order valence-electron chi connectivity index (χ3n) is 2.27. The Morgan fingerprint density at radius 3 is 0.931 bits per heavy atom. The second-order valence-corrected chi connectivity index (χ2v) is 4.65. The highest BCUT2D eigenvalue weighted by atomic mass is 16.4. The van der Waals surface area contributed by atoms with Gasteiger partial charge in [-0.25, -0.2) is 24.0 Å². The maximum Gasteiger partial charge on any atom is 0.414 e. The molecule has 2 atom stereocenters. The monoisotopic (exact) mass is 432 g/mol. The zero-order valence-electron chi connectivity index (χ0n) is 13.9. The van der Waals surface area contributed by atoms with Gasteiger partial charge in [0.1, 0.15) is 0 Å². The number of carboxylic acids is 7. The van der Waals surface area contributed by atoms with E-state index in [0.717, 1.165) is 0 Å². The normalized spacial score (nSPS) is 11.8. The smallest absolute Gasteiger partial charge is 0.414 e. The minimum Gasteiger partial charge on any atom is -0.481 e. The van der Waals surface area contributed by atoms with Gasteiger partial charge in [-0.05, 0) is 0 Å². The Bertz CT molecular complexity index is 603. The molecule has 0 aliphatic rings. The van der Waals surface area contributed by atoms with Gasteiger partial charge in [0.2, 0.25) is 0 Å². The van der Waals surface area contributed by atoms with Crippen molar-refractivity contribution in [1.29, 1.82) is 0 Å². The maximum atomic E-state index is 10.3. The summed E-state index contributed by atoms with van der Waals surface area (Å²) in [6.07, 6.45) is -6.82. The number of aliphatic hydroxyl groups excluding tert-OH is 2. The molecule has 0 saturated heterocycles. The van der Waals surface area contributed by atoms with Crippen molar-refractivity contribution in [3.05, 3.63) is 0 Å². The molecule has 0 spiro atoms. The summed E-state index contributed by atoms with van der Waals surface area (Å²) in [5.74, 6) is -12.2. The fraction of sp³-hybridized carbons (Fsp3) is 0.417. The third-order valence-corrected chi connectivity index (χ3v) is 2.27. The fourth-order valence-corrected chi connectivity index (χ4v) is 0.984. The van der Waals surface area contributed by atoms with Crippen LogP contribution in [0.2, 0.25) is 0 Å². The summed E-state index contributed by atoms with van der Waals surface area (Å²) >= 11 is 0. The maximum absolute atomic E-state index is 10.3. The standard InChI is InChI=1S/C6H8O7.C4H6O6.C2H2O4/c7-3(8)1-6(13,5(11)12)2-4(9)10;5-1(3(7)8)2(6)4(9)10;3-1(4)2(5)6/h13H,1-2H2,(H,7,8)(H,9,10)(H,11,12);1-2,5-6H,(H,7,8)(H,9,10);(H,3,4)(H,5,6). The summed E-state index contributed by atoms with van der Waals surface area (Å²) in [5.41, 5.74) is -2.74. The fourth-order valence-electron chi connectivity index (χ4n) is 0.984. The first-order valence-electron chi connectivity index (χ1n) is 6.56. The molecule has 0 bridgehead atoms. The number of hydrogen-bond donors (Lipinski definition) is 10. The lowest BCUT2D eigenvalue weighted by molar-refractivity contribution is -0.170. The lowest BCUT2D eigenvalue weighted by atomic mass is 9.96. The molecule has 10 N–H and O–H groups in total. The van der Waals surface area contributed by atoms with Crippen molar-refractivity contribution >= 4 is 41.8 Å². The van der Waals surface area contributed by atoms with E-state index in [2.05, 4.69) is 0 Å². The van der Waals surface area contributed by atoms with Gasteiger partial charge < -0.3 is 51.1 Å². The minimum absolute atomic E-state index is 1.14. The van der Waals surface area contributed by atoms with Crippen LogP contribution in [0.3, 0.4) is 0 Å². The van der Waals surface area contributed by atoms with Crippen molar-refractivity contribution in [2.75, 3.05) is 0 Å². The van der Waals surface area contributed by atoms with Crippen LogP contribution in [0.4, 0.5) is 0 Å². The van der Waals surface area contributed by atoms with Crippen LogP contribution in [0.5, 0.6) is 0 Å². The predicted molar refractivity (Wildman–Crippen MR) is 79.6 cm³/mol. The summed E-state index contributed by atoms with van der Waals surface area (Å²) in [5, 5.41) is 81.1. The van der Waals surface area contributed by atoms with Crippen LogP contribution in [0.15, 0.2) is 0 Å². The Hall–Kier alpha value is -3.83. The summed E-state index contributed by atoms with van der Waals surface area (Å²) in [4.78, 5) is 68.2. The van der Waals surface area contributed by atoms with Crippen LogP contribution >= 0.6 is 0 Å². The van der Waals surface area contributed by atoms with Crippen LogP contribution in [-0.2, 0) is 33.6 Å². The van der Waals surface area contributed by atoms with Gasteiger partial charge in [0.25, 0.3) is 0 Å². The summed E-state index contributed by atoms with van der Waals surface area (Å²) in [6, 6.07) is 0. The Kier molecular flexibility index (Phi) is 13.8. The molecular weight excluding hydrogens is 416 g/mol. The summed E-state index contributed by atoms with van der Waals surface area (Å²) < 4.78 is 0. The minimum atomic E-state index is -2.74. The molecule has 0 aromatic heterocycles. The molecule has 0 fully saturated rings. The SMILES string of the molecule is O=C(O)C(=O)O.O=C(O)C(O)C(O)C(=O)O.O=C(O)CC(O)(CC(=O)O)C(=O)O. The van der Waals surface area contributed by atoms with E-state index >= 15 is 0 Å². The average molecular weight is 432 g/mol. The predicted octanol–water partition coefficient (Wildman–Crippen LogP) is -4.22. The Morgan fingerprint density at radius 1 is 0.586 bits per heavy atom. The molecule has 0 radical (unpaired) electrons. The van der Waals surface area contributed by atoms with E-state index in [0.29, 0.717) is 0 Å². The number of aliphatic hydroxyl groups is 3. The molecule has 0 saturated carbocycles. The van der Waals surface area contributed by atoms with Crippen LogP contribution in [-0.4, -0.2) is 111 Å². The van der Waals surface area contributed by atoms with E-state index in [9.17, 15) is 24.0 Å². The van der Waals surface area contributed by atoms with Crippen molar-refractivity contribution in [3.63, 3.8) is 0 Å². The van der Waals surface area contributed by atoms with Crippen molar-refractivity contribution in [3.8, 4) is 0 Å². The number of aliphatic carboxylic acids is 7. The molecule has 0 aromatic rings. The molecule has 0 aromatic carbocycles. The molecule has 0 aliphatic carbocycles. The molecule has 166 valence electrons. The molecule has 2 unspecified atom stereocenters. The average Bonchev–Trinajstić information content (AvgIpc) is 2.52. The second kappa shape index (κ2) is 13.4. The van der Waals surface area contributed by atoms with E-state index in [1.165, 1.54) is 0 Å². The summed E-state index contributed by atoms with van der Waals surface area (Å²) in [6.45, 7) is 0. The Morgan fingerprint density at radius 2 is 0.828 bits per heavy atom. The molecular formula is C12H16O17. The molecule has 0 rings (SSSR count). The highest BCUT2D eigenvalue weighted by molar-refractivity contribution is 6.27. The van der Waals surface area contributed by atoms with Gasteiger partial charge in [-0.1, -0.05) is 0 Å². The zero-order valence-corrected chi connectivity index (χ0v) is 13.9. The third kappa shape index (κ3) is 15.0. The van der Waals surface area contributed by atoms with Gasteiger partial charge in [0.15, 0.2) is 17.8 Å². The lowest BCUT2D eigenvalue weighted by Crippen LogP contribution is -2.42. The van der Waals surface area contributed by atoms with Crippen molar-refractivity contribution < 1.29 is 84.6 Å². The molecule has 0 heterocycles. The van der Waals surface area contributed by atoms with Crippen molar-refractivity contribution in [2.45, 2.75) is 30.7 Å². The van der Waals surface area contributed by atoms with E-state index in [-0.39, 0.29) is 0 Å². The molecule has 17 heteroatoms. The van der Waals surface area contributed by atoms with Crippen molar-refractivity contribution in [1.82, 2.24) is 0 Å². The summed E-state index contributed by atoms with van der Waals surface area (Å²) in [7, 11) is 0. The molecule has 17 nitrogen and oxygen atoms in total. The largest absolute Gasteiger partial charge is 0.481 e. The van der Waals surface area contributed by atoms with E-state index in [1.807, 2.05) is 0 Å². The van der Waals surface area contributed by atoms with Crippen LogP contribution in [0.25, 0.3) is 0 Å². The number of rotatable bonds is 8. The van der Waals surface area contributed by atoms with Crippen LogP contribution < -0.4 is 0 Å². The number of carboxylic acid groups (broad SMARTS) is 7. The van der Waals surface area contributed by atoms with Crippen LogP contribution in [0, 0.1) is 0 Å². The van der Waals surface area contributed by atoms with Gasteiger partial charge in [0.05, 0.1) is 12.8 Å². The molecule has 29 heavy (non-hydrogen) atoms. The van der Waals surface area contributed by atoms with E-state index < -0.39 is 72.4 Å². The van der Waals surface area contributed by atoms with Gasteiger partial charge >= 0.3 is 41.8 Å². The quantitative estimate of drug-likeness (QED) is 0.162. The van der Waals surface area contributed by atoms with Gasteiger partial charge in [-0.2, -0.15) is 0 Å². The van der Waals surface area contributed by atoms with E-state index in [4.69, 9.17) is 60.7 Å². The highest BCUT2D eigenvalue weighted by Gasteiger charge is 2.40. The molecule has 0 amide bonds. The topological polar surface area (TPSA) is 322 Å². The first-order valence-corrected chi connectivity index (χ1v) is 6.56. The highest BCUT2D eigenvalue weighted by Crippen LogP contribution is 2.15. The zero-order chi connectivity index (χ0) is 24.1. The second-order valence-electron chi connectivity index (χ2n) is 4.65. The first kappa shape index (κ1) is 29.9. The van der Waals surface area contributed by atoms with Gasteiger partial charge in [0, 0.05) is 0 Å². The lowest BCUT2D eigenvalue weighted by Gasteiger charge is -2.18. The number of carbonyl (C=O) groups is 7. The van der Waals surface area contributed by atoms with E-state index in [1.54, 1.807) is 0 Å². The number of hydrogen-bond acceptors (Lipinski definition) is 10. The molecule has 0 aliphatic heterocycles. The first-order chi connectivity index (χ1) is 12.9. The Labute approximate surface area is 158 Å². The Balaban J connectivity index is -0.000000375. The van der Waals surface area contributed by atoms with Gasteiger partial charge in [-0.15, -0.1) is 0 Å². The van der Waals surface area contributed by atoms with Crippen LogP contribution in [0.1, 0.15) is 12.8 Å².